The van der Waals surface area contributed by atoms with Gasteiger partial charge in [0, 0.05) is 10.9 Å². The molecule has 0 saturated carbocycles. The monoisotopic (exact) mass is 354 g/mol. The molecule has 0 aromatic heterocycles. The summed E-state index contributed by atoms with van der Waals surface area (Å²) in [6.07, 6.45) is 0. The van der Waals surface area contributed by atoms with Gasteiger partial charge in [-0.15, -0.1) is 0 Å². The summed E-state index contributed by atoms with van der Waals surface area (Å²) in [4.78, 5) is 0. The number of halogens is 1. The van der Waals surface area contributed by atoms with Crippen LogP contribution in [-0.4, -0.2) is 0 Å². The molecule has 4 aromatic carbocycles. The first-order chi connectivity index (χ1) is 12.8. The Labute approximate surface area is 159 Å². The van der Waals surface area contributed by atoms with E-state index in [2.05, 4.69) is 97.1 Å². The molecule has 0 nitrogen and oxygen atoms in total. The van der Waals surface area contributed by atoms with Crippen molar-refractivity contribution in [1.82, 2.24) is 0 Å². The molecule has 0 bridgehead atoms. The van der Waals surface area contributed by atoms with E-state index in [0.29, 0.717) is 0 Å². The minimum Gasteiger partial charge on any atom is -0.0843 e. The molecule has 0 fully saturated rings. The molecule has 4 aromatic rings. The molecule has 0 unspecified atom stereocenters. The molecule has 0 spiro atoms. The van der Waals surface area contributed by atoms with E-state index < -0.39 is 0 Å². The van der Waals surface area contributed by atoms with Crippen molar-refractivity contribution in [2.45, 2.75) is 5.92 Å². The number of hydrogen-bond donors (Lipinski definition) is 0. The maximum atomic E-state index is 6.09. The van der Waals surface area contributed by atoms with E-state index in [9.17, 15) is 0 Å². The van der Waals surface area contributed by atoms with Gasteiger partial charge in [0.05, 0.1) is 0 Å². The second-order valence-corrected chi connectivity index (χ2v) is 6.78. The lowest BCUT2D eigenvalue weighted by Crippen LogP contribution is -2.05. The van der Waals surface area contributed by atoms with Gasteiger partial charge in [-0.3, -0.25) is 0 Å². The summed E-state index contributed by atoms with van der Waals surface area (Å²) in [7, 11) is 0. The molecule has 0 aliphatic rings. The van der Waals surface area contributed by atoms with E-state index in [0.717, 1.165) is 5.02 Å². The van der Waals surface area contributed by atoms with Gasteiger partial charge in [-0.25, -0.2) is 0 Å². The lowest BCUT2D eigenvalue weighted by Gasteiger charge is -2.22. The van der Waals surface area contributed by atoms with E-state index in [1.165, 1.54) is 27.8 Å². The fourth-order valence-electron chi connectivity index (χ4n) is 3.48. The van der Waals surface area contributed by atoms with Crippen LogP contribution in [0.2, 0.25) is 5.02 Å². The Hall–Kier alpha value is -2.83. The fraction of sp³-hybridized carbons (Fsp3) is 0.0400. The van der Waals surface area contributed by atoms with E-state index in [1.54, 1.807) is 0 Å². The van der Waals surface area contributed by atoms with Crippen molar-refractivity contribution in [2.24, 2.45) is 0 Å². The third kappa shape index (κ3) is 3.42. The van der Waals surface area contributed by atoms with Crippen LogP contribution in [0.4, 0.5) is 0 Å². The van der Waals surface area contributed by atoms with Gasteiger partial charge in [0.25, 0.3) is 0 Å². The fourth-order valence-corrected chi connectivity index (χ4v) is 3.61. The zero-order chi connectivity index (χ0) is 17.8. The molecule has 0 radical (unpaired) electrons. The summed E-state index contributed by atoms with van der Waals surface area (Å²) in [6.45, 7) is 0. The second-order valence-electron chi connectivity index (χ2n) is 6.35. The van der Waals surface area contributed by atoms with Crippen molar-refractivity contribution < 1.29 is 0 Å². The molecule has 0 amide bonds. The SMILES string of the molecule is Clc1ccc(-c2ccccc2C(c2ccccc2)c2ccccc2)cc1. The van der Waals surface area contributed by atoms with Crippen LogP contribution < -0.4 is 0 Å². The molecule has 0 aliphatic heterocycles. The van der Waals surface area contributed by atoms with Crippen LogP contribution in [0.15, 0.2) is 109 Å². The van der Waals surface area contributed by atoms with Crippen molar-refractivity contribution in [3.05, 3.63) is 131 Å². The average Bonchev–Trinajstić information content (AvgIpc) is 2.71. The van der Waals surface area contributed by atoms with Crippen LogP contribution in [0.1, 0.15) is 22.6 Å². The second kappa shape index (κ2) is 7.59. The van der Waals surface area contributed by atoms with Crippen molar-refractivity contribution in [3.63, 3.8) is 0 Å². The molecule has 0 N–H and O–H groups in total. The van der Waals surface area contributed by atoms with Crippen LogP contribution in [-0.2, 0) is 0 Å². The summed E-state index contributed by atoms with van der Waals surface area (Å²) >= 11 is 6.09. The first-order valence-corrected chi connectivity index (χ1v) is 9.15. The average molecular weight is 355 g/mol. The number of hydrogen-bond acceptors (Lipinski definition) is 0. The van der Waals surface area contributed by atoms with E-state index >= 15 is 0 Å². The zero-order valence-electron chi connectivity index (χ0n) is 14.3. The predicted octanol–water partition coefficient (Wildman–Crippen LogP) is 7.19. The van der Waals surface area contributed by atoms with Gasteiger partial charge in [-0.05, 0) is 39.9 Å². The Balaban J connectivity index is 1.91. The highest BCUT2D eigenvalue weighted by molar-refractivity contribution is 6.30. The summed E-state index contributed by atoms with van der Waals surface area (Å²) in [6, 6.07) is 38.1. The highest BCUT2D eigenvalue weighted by Crippen LogP contribution is 2.37. The van der Waals surface area contributed by atoms with Crippen LogP contribution in [0.5, 0.6) is 0 Å². The minimum atomic E-state index is 0.185. The maximum absolute atomic E-state index is 6.09. The Morgan fingerprint density at radius 2 is 1.00 bits per heavy atom. The molecule has 0 aliphatic carbocycles. The lowest BCUT2D eigenvalue weighted by atomic mass is 9.81. The molecular formula is C25H19Cl. The molecule has 4 rings (SSSR count). The number of benzene rings is 4. The molecule has 26 heavy (non-hydrogen) atoms. The highest BCUT2D eigenvalue weighted by Gasteiger charge is 2.19. The molecular weight excluding hydrogens is 336 g/mol. The summed E-state index contributed by atoms with van der Waals surface area (Å²) in [5.74, 6) is 0.185. The van der Waals surface area contributed by atoms with Gasteiger partial charge in [0.1, 0.15) is 0 Å². The molecule has 0 atom stereocenters. The Bertz CT molecular complexity index is 934. The van der Waals surface area contributed by atoms with Crippen molar-refractivity contribution in [2.75, 3.05) is 0 Å². The third-order valence-electron chi connectivity index (χ3n) is 4.69. The minimum absolute atomic E-state index is 0.185. The van der Waals surface area contributed by atoms with Crippen LogP contribution in [0, 0.1) is 0 Å². The topological polar surface area (TPSA) is 0 Å². The van der Waals surface area contributed by atoms with Crippen molar-refractivity contribution in [1.29, 1.82) is 0 Å². The maximum Gasteiger partial charge on any atom is 0.0406 e. The van der Waals surface area contributed by atoms with E-state index in [-0.39, 0.29) is 5.92 Å². The van der Waals surface area contributed by atoms with Crippen LogP contribution in [0.3, 0.4) is 0 Å². The Morgan fingerprint density at radius 1 is 0.500 bits per heavy atom. The van der Waals surface area contributed by atoms with Gasteiger partial charge in [-0.2, -0.15) is 0 Å². The zero-order valence-corrected chi connectivity index (χ0v) is 15.1. The molecule has 0 saturated heterocycles. The third-order valence-corrected chi connectivity index (χ3v) is 4.94. The van der Waals surface area contributed by atoms with Crippen molar-refractivity contribution >= 4 is 11.6 Å². The van der Waals surface area contributed by atoms with Crippen LogP contribution in [0.25, 0.3) is 11.1 Å². The van der Waals surface area contributed by atoms with Gasteiger partial charge < -0.3 is 0 Å². The standard InChI is InChI=1S/C25H19Cl/c26-22-17-15-19(16-18-22)23-13-7-8-14-24(23)25(20-9-3-1-4-10-20)21-11-5-2-6-12-21/h1-18,25H. The quantitative estimate of drug-likeness (QED) is 0.340. The summed E-state index contributed by atoms with van der Waals surface area (Å²) < 4.78 is 0. The van der Waals surface area contributed by atoms with Crippen LogP contribution >= 0.6 is 11.6 Å². The molecule has 0 heterocycles. The first-order valence-electron chi connectivity index (χ1n) is 8.78. The number of rotatable bonds is 4. The lowest BCUT2D eigenvalue weighted by molar-refractivity contribution is 0.980. The predicted molar refractivity (Wildman–Crippen MR) is 111 cm³/mol. The smallest absolute Gasteiger partial charge is 0.0406 e. The van der Waals surface area contributed by atoms with E-state index in [4.69, 9.17) is 11.6 Å². The highest BCUT2D eigenvalue weighted by atomic mass is 35.5. The van der Waals surface area contributed by atoms with Gasteiger partial charge in [0.2, 0.25) is 0 Å². The van der Waals surface area contributed by atoms with Crippen molar-refractivity contribution in [3.8, 4) is 11.1 Å². The van der Waals surface area contributed by atoms with Gasteiger partial charge in [-0.1, -0.05) is 109 Å². The largest absolute Gasteiger partial charge is 0.0843 e. The van der Waals surface area contributed by atoms with Gasteiger partial charge >= 0.3 is 0 Å². The first kappa shape index (κ1) is 16.6. The Morgan fingerprint density at radius 3 is 1.58 bits per heavy atom. The summed E-state index contributed by atoms with van der Waals surface area (Å²) in [5.41, 5.74) is 6.30. The Kier molecular flexibility index (Phi) is 4.86. The van der Waals surface area contributed by atoms with E-state index in [1.807, 2.05) is 12.1 Å². The van der Waals surface area contributed by atoms with Gasteiger partial charge in [0.15, 0.2) is 0 Å². The molecule has 126 valence electrons. The summed E-state index contributed by atoms with van der Waals surface area (Å²) in [5, 5.41) is 0.758. The normalized spacial score (nSPS) is 10.8. The molecule has 1 heteroatoms.